The Labute approximate surface area is 200 Å². The van der Waals surface area contributed by atoms with E-state index in [2.05, 4.69) is 6.58 Å². The number of hydrogen-bond donors (Lipinski definition) is 0. The lowest BCUT2D eigenvalue weighted by molar-refractivity contribution is -0.121. The summed E-state index contributed by atoms with van der Waals surface area (Å²) in [5.74, 6) is 1.45. The van der Waals surface area contributed by atoms with Crippen LogP contribution < -0.4 is 14.2 Å². The van der Waals surface area contributed by atoms with Crippen molar-refractivity contribution in [1.82, 2.24) is 4.90 Å². The van der Waals surface area contributed by atoms with Gasteiger partial charge in [-0.25, -0.2) is 0 Å². The van der Waals surface area contributed by atoms with Crippen LogP contribution >= 0.6 is 47.2 Å². The highest BCUT2D eigenvalue weighted by Crippen LogP contribution is 2.38. The molecule has 1 heterocycles. The maximum atomic E-state index is 12.6. The summed E-state index contributed by atoms with van der Waals surface area (Å²) >= 11 is 19.0. The van der Waals surface area contributed by atoms with Gasteiger partial charge in [0.1, 0.15) is 23.3 Å². The number of amides is 1. The zero-order valence-electron chi connectivity index (χ0n) is 16.6. The summed E-state index contributed by atoms with van der Waals surface area (Å²) < 4.78 is 17.3. The highest BCUT2D eigenvalue weighted by molar-refractivity contribution is 8.26. The molecule has 0 atom stereocenters. The van der Waals surface area contributed by atoms with Crippen LogP contribution in [0.2, 0.25) is 10.0 Å². The highest BCUT2D eigenvalue weighted by atomic mass is 35.5. The number of rotatable bonds is 9. The standard InChI is InChI=1S/C22H19Cl2NO4S2/c1-3-8-25-21(26)19(31-22(25)30)12-14-11-15(23)13-16(24)20(14)29-10-9-28-18-7-5-4-6-17(18)27-2/h3-7,11-13H,1,8-10H2,2H3/b19-12-. The Kier molecular flexibility index (Phi) is 8.26. The summed E-state index contributed by atoms with van der Waals surface area (Å²) in [5.41, 5.74) is 0.578. The second kappa shape index (κ2) is 10.9. The predicted octanol–water partition coefficient (Wildman–Crippen LogP) is 5.85. The minimum Gasteiger partial charge on any atom is -0.493 e. The molecular weight excluding hydrogens is 477 g/mol. The third-order valence-corrected chi connectivity index (χ3v) is 6.04. The minimum atomic E-state index is -0.198. The number of benzene rings is 2. The van der Waals surface area contributed by atoms with Crippen LogP contribution in [0, 0.1) is 0 Å². The average Bonchev–Trinajstić information content (AvgIpc) is 3.00. The van der Waals surface area contributed by atoms with Gasteiger partial charge in [-0.1, -0.05) is 65.4 Å². The fraction of sp³-hybridized carbons (Fsp3) is 0.182. The Balaban J connectivity index is 1.75. The van der Waals surface area contributed by atoms with Gasteiger partial charge in [-0.05, 0) is 30.3 Å². The number of ether oxygens (including phenoxy) is 3. The molecular formula is C22H19Cl2NO4S2. The van der Waals surface area contributed by atoms with Gasteiger partial charge in [0, 0.05) is 17.1 Å². The van der Waals surface area contributed by atoms with Crippen molar-refractivity contribution < 1.29 is 19.0 Å². The first-order valence-corrected chi connectivity index (χ1v) is 11.2. The molecule has 1 aliphatic heterocycles. The van der Waals surface area contributed by atoms with Crippen molar-refractivity contribution in [2.24, 2.45) is 0 Å². The summed E-state index contributed by atoms with van der Waals surface area (Å²) in [6, 6.07) is 10.6. The Morgan fingerprint density at radius 1 is 1.16 bits per heavy atom. The Morgan fingerprint density at radius 2 is 1.87 bits per heavy atom. The molecule has 0 N–H and O–H groups in total. The smallest absolute Gasteiger partial charge is 0.266 e. The van der Waals surface area contributed by atoms with Crippen molar-refractivity contribution in [2.45, 2.75) is 0 Å². The number of para-hydroxylation sites is 2. The summed E-state index contributed by atoms with van der Waals surface area (Å²) in [4.78, 5) is 14.6. The van der Waals surface area contributed by atoms with Crippen molar-refractivity contribution in [3.05, 3.63) is 69.6 Å². The fourth-order valence-electron chi connectivity index (χ4n) is 2.80. The van der Waals surface area contributed by atoms with Crippen LogP contribution in [0.1, 0.15) is 5.56 Å². The van der Waals surface area contributed by atoms with E-state index in [1.165, 1.54) is 16.7 Å². The molecule has 1 aliphatic rings. The fourth-order valence-corrected chi connectivity index (χ4v) is 4.63. The normalized spacial score (nSPS) is 14.8. The molecule has 9 heteroatoms. The predicted molar refractivity (Wildman–Crippen MR) is 131 cm³/mol. The molecule has 0 spiro atoms. The topological polar surface area (TPSA) is 48.0 Å². The Hall–Kier alpha value is -2.19. The molecule has 0 aliphatic carbocycles. The lowest BCUT2D eigenvalue weighted by Crippen LogP contribution is -2.27. The zero-order valence-corrected chi connectivity index (χ0v) is 19.7. The number of nitrogens with zero attached hydrogens (tertiary/aromatic N) is 1. The van der Waals surface area contributed by atoms with Gasteiger partial charge in [-0.15, -0.1) is 6.58 Å². The molecule has 0 unspecified atom stereocenters. The molecule has 0 aromatic heterocycles. The van der Waals surface area contributed by atoms with Crippen LogP contribution in [0.4, 0.5) is 0 Å². The van der Waals surface area contributed by atoms with Crippen molar-refractivity contribution >= 4 is 63.5 Å². The van der Waals surface area contributed by atoms with Gasteiger partial charge < -0.3 is 14.2 Å². The van der Waals surface area contributed by atoms with Crippen LogP contribution in [0.3, 0.4) is 0 Å². The van der Waals surface area contributed by atoms with Gasteiger partial charge in [0.2, 0.25) is 0 Å². The van der Waals surface area contributed by atoms with Gasteiger partial charge >= 0.3 is 0 Å². The average molecular weight is 496 g/mol. The lowest BCUT2D eigenvalue weighted by atomic mass is 10.1. The first-order chi connectivity index (χ1) is 14.9. The van der Waals surface area contributed by atoms with Crippen LogP contribution in [0.25, 0.3) is 6.08 Å². The molecule has 1 fully saturated rings. The van der Waals surface area contributed by atoms with Crippen LogP contribution in [-0.2, 0) is 4.79 Å². The number of methoxy groups -OCH3 is 1. The molecule has 2 aromatic carbocycles. The van der Waals surface area contributed by atoms with E-state index in [0.717, 1.165) is 0 Å². The second-order valence-electron chi connectivity index (χ2n) is 6.23. The van der Waals surface area contributed by atoms with Gasteiger partial charge in [-0.2, -0.15) is 0 Å². The minimum absolute atomic E-state index is 0.198. The lowest BCUT2D eigenvalue weighted by Gasteiger charge is -2.14. The first kappa shape index (κ1) is 23.5. The number of thiocarbonyl (C=S) groups is 1. The van der Waals surface area contributed by atoms with E-state index >= 15 is 0 Å². The third-order valence-electron chi connectivity index (χ3n) is 4.17. The maximum Gasteiger partial charge on any atom is 0.266 e. The largest absolute Gasteiger partial charge is 0.493 e. The second-order valence-corrected chi connectivity index (χ2v) is 8.75. The molecule has 0 bridgehead atoms. The van der Waals surface area contributed by atoms with Crippen LogP contribution in [-0.4, -0.2) is 42.0 Å². The molecule has 162 valence electrons. The Morgan fingerprint density at radius 3 is 2.58 bits per heavy atom. The monoisotopic (exact) mass is 495 g/mol. The summed E-state index contributed by atoms with van der Waals surface area (Å²) in [6.45, 7) is 4.49. The van der Waals surface area contributed by atoms with Gasteiger partial charge in [0.25, 0.3) is 5.91 Å². The summed E-state index contributed by atoms with van der Waals surface area (Å²) in [7, 11) is 1.58. The van der Waals surface area contributed by atoms with Crippen molar-refractivity contribution in [2.75, 3.05) is 26.9 Å². The van der Waals surface area contributed by atoms with Crippen molar-refractivity contribution in [1.29, 1.82) is 0 Å². The van der Waals surface area contributed by atoms with E-state index in [1.54, 1.807) is 31.4 Å². The molecule has 3 rings (SSSR count). The van der Waals surface area contributed by atoms with Gasteiger partial charge in [-0.3, -0.25) is 9.69 Å². The Bertz CT molecular complexity index is 1040. The molecule has 0 saturated carbocycles. The molecule has 2 aromatic rings. The van der Waals surface area contributed by atoms with Crippen molar-refractivity contribution in [3.8, 4) is 17.2 Å². The van der Waals surface area contributed by atoms with E-state index in [0.29, 0.717) is 48.6 Å². The summed E-state index contributed by atoms with van der Waals surface area (Å²) in [6.07, 6.45) is 3.30. The maximum absolute atomic E-state index is 12.6. The number of halogens is 2. The van der Waals surface area contributed by atoms with Crippen LogP contribution in [0.5, 0.6) is 17.2 Å². The third kappa shape index (κ3) is 5.74. The van der Waals surface area contributed by atoms with E-state index in [-0.39, 0.29) is 19.1 Å². The molecule has 1 amide bonds. The number of carbonyl (C=O) groups is 1. The quantitative estimate of drug-likeness (QED) is 0.188. The highest BCUT2D eigenvalue weighted by Gasteiger charge is 2.31. The SMILES string of the molecule is C=CCN1C(=O)/C(=C/c2cc(Cl)cc(Cl)c2OCCOc2ccccc2OC)SC1=S. The van der Waals surface area contributed by atoms with E-state index in [9.17, 15) is 4.79 Å². The molecule has 0 radical (unpaired) electrons. The number of hydrogen-bond acceptors (Lipinski definition) is 6. The van der Waals surface area contributed by atoms with E-state index in [1.807, 2.05) is 24.3 Å². The summed E-state index contributed by atoms with van der Waals surface area (Å²) in [5, 5.41) is 0.757. The number of thioether (sulfide) groups is 1. The van der Waals surface area contributed by atoms with Gasteiger partial charge in [0.15, 0.2) is 11.5 Å². The zero-order chi connectivity index (χ0) is 22.4. The van der Waals surface area contributed by atoms with E-state index < -0.39 is 0 Å². The van der Waals surface area contributed by atoms with Gasteiger partial charge in [0.05, 0.1) is 17.0 Å². The molecule has 31 heavy (non-hydrogen) atoms. The number of carbonyl (C=O) groups excluding carboxylic acids is 1. The molecule has 1 saturated heterocycles. The van der Waals surface area contributed by atoms with Crippen LogP contribution in [0.15, 0.2) is 54.0 Å². The molecule has 5 nitrogen and oxygen atoms in total. The van der Waals surface area contributed by atoms with E-state index in [4.69, 9.17) is 49.6 Å². The first-order valence-electron chi connectivity index (χ1n) is 9.18. The van der Waals surface area contributed by atoms with Crippen molar-refractivity contribution in [3.63, 3.8) is 0 Å².